The van der Waals surface area contributed by atoms with E-state index in [-0.39, 0.29) is 0 Å². The normalized spacial score (nSPS) is 16.1. The predicted molar refractivity (Wildman–Crippen MR) is 106 cm³/mol. The number of nitrogens with zero attached hydrogens (tertiary/aromatic N) is 1. The highest BCUT2D eigenvalue weighted by atomic mass is 28.3. The predicted octanol–water partition coefficient (Wildman–Crippen LogP) is 2.24. The Labute approximate surface area is 158 Å². The van der Waals surface area contributed by atoms with Gasteiger partial charge in [-0.15, -0.1) is 0 Å². The first kappa shape index (κ1) is 19.3. The third-order valence-corrected chi connectivity index (χ3v) is 7.10. The van der Waals surface area contributed by atoms with Gasteiger partial charge in [0.15, 0.2) is 0 Å². The van der Waals surface area contributed by atoms with Crippen molar-refractivity contribution in [1.82, 2.24) is 4.90 Å². The van der Waals surface area contributed by atoms with Gasteiger partial charge in [0.1, 0.15) is 6.61 Å². The molecule has 0 amide bonds. The molecule has 139 valence electrons. The van der Waals surface area contributed by atoms with Crippen LogP contribution in [0, 0.1) is 0 Å². The zero-order valence-corrected chi connectivity index (χ0v) is 16.7. The summed E-state index contributed by atoms with van der Waals surface area (Å²) in [7, 11) is 2.04. The van der Waals surface area contributed by atoms with E-state index < -0.39 is 15.0 Å². The van der Waals surface area contributed by atoms with E-state index in [0.29, 0.717) is 6.61 Å². The second kappa shape index (κ2) is 9.44. The van der Waals surface area contributed by atoms with Crippen molar-refractivity contribution in [3.63, 3.8) is 0 Å². The van der Waals surface area contributed by atoms with Gasteiger partial charge < -0.3 is 13.9 Å². The summed E-state index contributed by atoms with van der Waals surface area (Å²) in [5.41, 5.74) is 0. The Morgan fingerprint density at radius 3 is 1.77 bits per heavy atom. The summed E-state index contributed by atoms with van der Waals surface area (Å²) < 4.78 is 18.2. The van der Waals surface area contributed by atoms with Crippen molar-refractivity contribution in [2.24, 2.45) is 0 Å². The topological polar surface area (TPSA) is 30.9 Å². The minimum absolute atomic E-state index is 0.387. The number of methoxy groups -OCH3 is 2. The van der Waals surface area contributed by atoms with Crippen LogP contribution in [0.2, 0.25) is 0 Å². The van der Waals surface area contributed by atoms with Gasteiger partial charge in [0.05, 0.1) is 0 Å². The smallest absolute Gasteiger partial charge is 0.283 e. The first-order valence-corrected chi connectivity index (χ1v) is 10.7. The number of rotatable bonds is 8. The molecule has 0 saturated carbocycles. The lowest BCUT2D eigenvalue weighted by Gasteiger charge is -2.43. The summed E-state index contributed by atoms with van der Waals surface area (Å²) in [6, 6.07) is 20.9. The van der Waals surface area contributed by atoms with Crippen molar-refractivity contribution >= 4 is 19.4 Å². The lowest BCUT2D eigenvalue weighted by molar-refractivity contribution is -0.310. The molecule has 5 heteroatoms. The maximum absolute atomic E-state index is 6.52. The van der Waals surface area contributed by atoms with E-state index in [1.807, 2.05) is 12.1 Å². The van der Waals surface area contributed by atoms with E-state index in [0.717, 1.165) is 13.1 Å². The third kappa shape index (κ3) is 4.42. The van der Waals surface area contributed by atoms with Crippen molar-refractivity contribution < 1.29 is 13.9 Å². The largest absolute Gasteiger partial charge is 0.400 e. The highest BCUT2D eigenvalue weighted by Crippen LogP contribution is 2.23. The molecular weight excluding hydrogens is 342 g/mol. The molecule has 0 aromatic heterocycles. The van der Waals surface area contributed by atoms with E-state index in [4.69, 9.17) is 13.9 Å². The molecular formula is C21H28NO3Si. The molecule has 1 heterocycles. The number of ether oxygens (including phenoxy) is 2. The van der Waals surface area contributed by atoms with Crippen molar-refractivity contribution in [2.75, 3.05) is 33.9 Å². The number of benzene rings is 2. The lowest BCUT2D eigenvalue weighted by Crippen LogP contribution is -2.59. The summed E-state index contributed by atoms with van der Waals surface area (Å²) in [5.74, 6) is -0.820. The van der Waals surface area contributed by atoms with Gasteiger partial charge in [0, 0.05) is 27.3 Å². The average Bonchev–Trinajstić information content (AvgIpc) is 2.74. The molecule has 26 heavy (non-hydrogen) atoms. The molecule has 0 atom stereocenters. The molecule has 1 aliphatic heterocycles. The Balaban J connectivity index is 1.81. The molecule has 4 nitrogen and oxygen atoms in total. The van der Waals surface area contributed by atoms with Crippen LogP contribution >= 0.6 is 0 Å². The van der Waals surface area contributed by atoms with E-state index in [2.05, 4.69) is 53.4 Å². The molecule has 0 spiro atoms. The number of piperidine rings is 1. The SMILES string of the molecule is COC(CO[Si](c1ccccc1)c1ccccc1)(OC)N1CCCCC1. The zero-order valence-electron chi connectivity index (χ0n) is 15.7. The summed E-state index contributed by atoms with van der Waals surface area (Å²) in [6.45, 7) is 2.34. The standard InChI is InChI=1S/C21H28NO3Si/c1-23-21(24-2,22-16-10-5-11-17-22)18-25-26(19-12-6-3-7-13-19)20-14-8-4-9-15-20/h3-4,6-9,12-15H,5,10-11,16-18H2,1-2H3. The van der Waals surface area contributed by atoms with Crippen molar-refractivity contribution in [1.29, 1.82) is 0 Å². The second-order valence-electron chi connectivity index (χ2n) is 6.52. The van der Waals surface area contributed by atoms with Crippen LogP contribution in [0.4, 0.5) is 0 Å². The van der Waals surface area contributed by atoms with E-state index in [1.165, 1.54) is 29.6 Å². The van der Waals surface area contributed by atoms with Gasteiger partial charge in [-0.1, -0.05) is 67.1 Å². The van der Waals surface area contributed by atoms with Gasteiger partial charge in [-0.25, -0.2) is 0 Å². The molecule has 0 N–H and O–H groups in total. The Morgan fingerprint density at radius 2 is 1.31 bits per heavy atom. The summed E-state index contributed by atoms with van der Waals surface area (Å²) in [5, 5.41) is 2.45. The van der Waals surface area contributed by atoms with Crippen LogP contribution in [0.5, 0.6) is 0 Å². The van der Waals surface area contributed by atoms with Crippen LogP contribution in [-0.2, 0) is 13.9 Å². The van der Waals surface area contributed by atoms with Crippen LogP contribution in [0.3, 0.4) is 0 Å². The average molecular weight is 371 g/mol. The van der Waals surface area contributed by atoms with E-state index >= 15 is 0 Å². The van der Waals surface area contributed by atoms with Crippen LogP contribution in [0.15, 0.2) is 60.7 Å². The lowest BCUT2D eigenvalue weighted by atomic mass is 10.1. The highest BCUT2D eigenvalue weighted by Gasteiger charge is 2.39. The molecule has 3 rings (SSSR count). The van der Waals surface area contributed by atoms with Crippen molar-refractivity contribution in [2.45, 2.75) is 25.2 Å². The quantitative estimate of drug-likeness (QED) is 0.527. The van der Waals surface area contributed by atoms with Gasteiger partial charge in [0.25, 0.3) is 15.0 Å². The first-order valence-electron chi connectivity index (χ1n) is 9.25. The molecule has 0 bridgehead atoms. The molecule has 1 fully saturated rings. The van der Waals surface area contributed by atoms with Crippen LogP contribution < -0.4 is 10.4 Å². The minimum atomic E-state index is -1.38. The maximum Gasteiger partial charge on any atom is 0.283 e. The maximum atomic E-state index is 6.52. The first-order chi connectivity index (χ1) is 12.8. The molecule has 1 radical (unpaired) electrons. The molecule has 2 aromatic rings. The number of likely N-dealkylation sites (tertiary alicyclic amines) is 1. The van der Waals surface area contributed by atoms with Gasteiger partial charge in [-0.3, -0.25) is 4.90 Å². The summed E-state index contributed by atoms with van der Waals surface area (Å²) in [6.07, 6.45) is 3.61. The Hall–Kier alpha value is -1.50. The van der Waals surface area contributed by atoms with Crippen molar-refractivity contribution in [3.8, 4) is 0 Å². The highest BCUT2D eigenvalue weighted by molar-refractivity contribution is 6.80. The van der Waals surface area contributed by atoms with Gasteiger partial charge in [0.2, 0.25) is 0 Å². The minimum Gasteiger partial charge on any atom is -0.400 e. The third-order valence-electron chi connectivity index (χ3n) is 4.95. The molecule has 0 aliphatic carbocycles. The van der Waals surface area contributed by atoms with Crippen LogP contribution in [-0.4, -0.2) is 53.8 Å². The van der Waals surface area contributed by atoms with Crippen LogP contribution in [0.1, 0.15) is 19.3 Å². The molecule has 1 aliphatic rings. The van der Waals surface area contributed by atoms with Gasteiger partial charge in [-0.2, -0.15) is 0 Å². The number of hydrogen-bond donors (Lipinski definition) is 0. The fraction of sp³-hybridized carbons (Fsp3) is 0.429. The second-order valence-corrected chi connectivity index (χ2v) is 8.62. The number of hydrogen-bond acceptors (Lipinski definition) is 4. The molecule has 2 aromatic carbocycles. The molecule has 1 saturated heterocycles. The van der Waals surface area contributed by atoms with Crippen molar-refractivity contribution in [3.05, 3.63) is 60.7 Å². The zero-order chi connectivity index (χ0) is 18.2. The van der Waals surface area contributed by atoms with Gasteiger partial charge >= 0.3 is 0 Å². The summed E-state index contributed by atoms with van der Waals surface area (Å²) >= 11 is 0. The van der Waals surface area contributed by atoms with Gasteiger partial charge in [-0.05, 0) is 23.2 Å². The van der Waals surface area contributed by atoms with Crippen LogP contribution in [0.25, 0.3) is 0 Å². The van der Waals surface area contributed by atoms with E-state index in [1.54, 1.807) is 14.2 Å². The Kier molecular flexibility index (Phi) is 6.99. The fourth-order valence-electron chi connectivity index (χ4n) is 3.46. The Bertz CT molecular complexity index is 603. The molecule has 0 unspecified atom stereocenters. The fourth-order valence-corrected chi connectivity index (χ4v) is 5.44. The van der Waals surface area contributed by atoms with E-state index in [9.17, 15) is 0 Å². The summed E-state index contributed by atoms with van der Waals surface area (Å²) in [4.78, 5) is 2.27. The Morgan fingerprint density at radius 1 is 0.808 bits per heavy atom. The monoisotopic (exact) mass is 370 g/mol.